The summed E-state index contributed by atoms with van der Waals surface area (Å²) in [6.07, 6.45) is 4.37. The zero-order chi connectivity index (χ0) is 32.6. The van der Waals surface area contributed by atoms with Gasteiger partial charge in [-0.25, -0.2) is 16.8 Å². The standard InChI is InChI=1S/C34H43N5O4S2.2ClH/c1-24(2)14-33(37-13-12-35)34(45(42,43)22-27-18-29-9-5-7-11-32(29)39-20-27)16-25(3)15-30(36)23-44(40,41)21-26-17-28-8-4-6-10-31(28)38-19-26;;/h4-11,17-20,24-25,30,33-34,37H,13-16,21-23,36H2,1-3H3;2*1H/t25?,30?,33-,34?;;/m0../s1. The van der Waals surface area contributed by atoms with E-state index in [2.05, 4.69) is 21.4 Å². The number of fused-ring (bicyclic) bond motifs is 2. The number of nitriles is 1. The first-order valence-corrected chi connectivity index (χ1v) is 18.8. The molecule has 0 saturated carbocycles. The maximum absolute atomic E-state index is 14.1. The topological polar surface area (TPSA) is 156 Å². The van der Waals surface area contributed by atoms with Crippen LogP contribution in [-0.4, -0.2) is 56.4 Å². The number of halogens is 2. The molecule has 47 heavy (non-hydrogen) atoms. The Morgan fingerprint density at radius 3 is 1.87 bits per heavy atom. The molecule has 0 saturated heterocycles. The smallest absolute Gasteiger partial charge is 0.158 e. The van der Waals surface area contributed by atoms with Crippen LogP contribution in [0.15, 0.2) is 73.1 Å². The van der Waals surface area contributed by atoms with E-state index in [1.54, 1.807) is 12.4 Å². The van der Waals surface area contributed by atoms with Gasteiger partial charge in [-0.3, -0.25) is 9.97 Å². The highest BCUT2D eigenvalue weighted by Crippen LogP contribution is 2.27. The monoisotopic (exact) mass is 721 g/mol. The van der Waals surface area contributed by atoms with E-state index in [1.807, 2.05) is 81.4 Å². The maximum Gasteiger partial charge on any atom is 0.158 e. The molecule has 0 spiro atoms. The minimum absolute atomic E-state index is 0. The molecule has 2 aromatic heterocycles. The van der Waals surface area contributed by atoms with Gasteiger partial charge in [0.2, 0.25) is 0 Å². The summed E-state index contributed by atoms with van der Waals surface area (Å²) in [6.45, 7) is 5.98. The Bertz CT molecular complexity index is 1870. The molecule has 0 aliphatic heterocycles. The molecule has 9 nitrogen and oxygen atoms in total. The van der Waals surface area contributed by atoms with Gasteiger partial charge in [-0.1, -0.05) is 57.2 Å². The molecular weight excluding hydrogens is 677 g/mol. The van der Waals surface area contributed by atoms with Crippen LogP contribution in [-0.2, 0) is 31.2 Å². The van der Waals surface area contributed by atoms with Crippen molar-refractivity contribution in [1.29, 1.82) is 5.26 Å². The molecule has 2 heterocycles. The van der Waals surface area contributed by atoms with Gasteiger partial charge in [0.25, 0.3) is 0 Å². The fourth-order valence-corrected chi connectivity index (χ4v) is 9.80. The summed E-state index contributed by atoms with van der Waals surface area (Å²) in [5, 5.41) is 13.4. The highest BCUT2D eigenvalue weighted by molar-refractivity contribution is 7.91. The molecule has 0 radical (unpaired) electrons. The maximum atomic E-state index is 14.1. The van der Waals surface area contributed by atoms with Gasteiger partial charge in [0.15, 0.2) is 19.7 Å². The lowest BCUT2D eigenvalue weighted by molar-refractivity contribution is 0.356. The van der Waals surface area contributed by atoms with Crippen molar-refractivity contribution in [2.75, 3.05) is 12.3 Å². The number of pyridine rings is 2. The molecule has 0 aliphatic carbocycles. The normalized spacial score (nSPS) is 14.5. The predicted molar refractivity (Wildman–Crippen MR) is 195 cm³/mol. The average Bonchev–Trinajstić information content (AvgIpc) is 2.97. The summed E-state index contributed by atoms with van der Waals surface area (Å²) >= 11 is 0. The van der Waals surface area contributed by atoms with E-state index >= 15 is 0 Å². The van der Waals surface area contributed by atoms with Gasteiger partial charge in [-0.05, 0) is 66.5 Å². The van der Waals surface area contributed by atoms with Gasteiger partial charge in [-0.2, -0.15) is 5.26 Å². The second-order valence-corrected chi connectivity index (χ2v) is 16.9. The number of nitrogens with one attached hydrogen (secondary N) is 1. The largest absolute Gasteiger partial charge is 0.327 e. The van der Waals surface area contributed by atoms with E-state index in [4.69, 9.17) is 5.73 Å². The molecule has 4 atom stereocenters. The van der Waals surface area contributed by atoms with E-state index in [-0.39, 0.29) is 66.9 Å². The molecule has 3 N–H and O–H groups in total. The number of hydrogen-bond acceptors (Lipinski definition) is 9. The SMILES string of the molecule is CC(C)C[C@H](NCC#N)C(CC(C)CC(N)CS(=O)(=O)Cc1cnc2ccccc2c1)S(=O)(=O)Cc1cnc2ccccc2c1.Cl.Cl. The highest BCUT2D eigenvalue weighted by Gasteiger charge is 2.35. The number of aromatic nitrogens is 2. The Kier molecular flexibility index (Phi) is 15.5. The van der Waals surface area contributed by atoms with Crippen molar-refractivity contribution in [3.05, 3.63) is 84.2 Å². The Balaban J connectivity index is 0.00000384. The van der Waals surface area contributed by atoms with Gasteiger partial charge in [0.05, 0.1) is 46.2 Å². The molecule has 0 amide bonds. The number of benzene rings is 2. The fourth-order valence-electron chi connectivity index (χ4n) is 6.06. The Morgan fingerprint density at radius 1 is 0.809 bits per heavy atom. The third-order valence-corrected chi connectivity index (χ3v) is 11.8. The molecule has 3 unspecified atom stereocenters. The van der Waals surface area contributed by atoms with Crippen LogP contribution in [0.25, 0.3) is 21.8 Å². The summed E-state index contributed by atoms with van der Waals surface area (Å²) in [6, 6.07) is 19.7. The van der Waals surface area contributed by atoms with E-state index < -0.39 is 37.0 Å². The first-order valence-electron chi connectivity index (χ1n) is 15.3. The van der Waals surface area contributed by atoms with E-state index in [9.17, 15) is 22.1 Å². The van der Waals surface area contributed by atoms with Crippen LogP contribution >= 0.6 is 24.8 Å². The van der Waals surface area contributed by atoms with Crippen molar-refractivity contribution >= 4 is 66.3 Å². The second-order valence-electron chi connectivity index (χ2n) is 12.6. The number of nitrogens with zero attached hydrogens (tertiary/aromatic N) is 3. The Morgan fingerprint density at radius 2 is 1.34 bits per heavy atom. The molecule has 0 fully saturated rings. The van der Waals surface area contributed by atoms with Crippen LogP contribution < -0.4 is 11.1 Å². The molecule has 4 aromatic rings. The van der Waals surface area contributed by atoms with Crippen LogP contribution in [0.2, 0.25) is 0 Å². The molecule has 0 aliphatic rings. The lowest BCUT2D eigenvalue weighted by atomic mass is 9.92. The number of para-hydroxylation sites is 2. The molecule has 13 heteroatoms. The first-order chi connectivity index (χ1) is 21.3. The van der Waals surface area contributed by atoms with Gasteiger partial charge in [-0.15, -0.1) is 24.8 Å². The highest BCUT2D eigenvalue weighted by atomic mass is 35.5. The summed E-state index contributed by atoms with van der Waals surface area (Å²) in [5.74, 6) is -0.574. The van der Waals surface area contributed by atoms with E-state index in [0.29, 0.717) is 24.0 Å². The minimum Gasteiger partial charge on any atom is -0.327 e. The third kappa shape index (κ3) is 12.0. The van der Waals surface area contributed by atoms with Crippen molar-refractivity contribution in [1.82, 2.24) is 15.3 Å². The van der Waals surface area contributed by atoms with Gasteiger partial charge in [0.1, 0.15) is 0 Å². The minimum atomic E-state index is -3.72. The van der Waals surface area contributed by atoms with Crippen LogP contribution in [0.5, 0.6) is 0 Å². The second kappa shape index (κ2) is 18.1. The Labute approximate surface area is 291 Å². The van der Waals surface area contributed by atoms with Crippen molar-refractivity contribution in [3.8, 4) is 6.07 Å². The number of hydrogen-bond donors (Lipinski definition) is 2. The van der Waals surface area contributed by atoms with Crippen LogP contribution in [0.1, 0.15) is 51.2 Å². The van der Waals surface area contributed by atoms with Crippen LogP contribution in [0.4, 0.5) is 0 Å². The molecule has 256 valence electrons. The molecule has 4 rings (SSSR count). The van der Waals surface area contributed by atoms with Crippen LogP contribution in [0, 0.1) is 23.2 Å². The van der Waals surface area contributed by atoms with E-state index in [1.165, 1.54) is 0 Å². The fraction of sp³-hybridized carbons (Fsp3) is 0.441. The summed E-state index contributed by atoms with van der Waals surface area (Å²) in [7, 11) is -7.27. The number of sulfone groups is 2. The predicted octanol–water partition coefficient (Wildman–Crippen LogP) is 5.80. The van der Waals surface area contributed by atoms with Gasteiger partial charge >= 0.3 is 0 Å². The van der Waals surface area contributed by atoms with Crippen molar-refractivity contribution in [2.45, 2.75) is 68.9 Å². The van der Waals surface area contributed by atoms with Gasteiger partial charge in [0, 0.05) is 35.2 Å². The van der Waals surface area contributed by atoms with Crippen molar-refractivity contribution < 1.29 is 16.8 Å². The Hall–Kier alpha value is -2.85. The lowest BCUT2D eigenvalue weighted by Crippen LogP contribution is -2.47. The average molecular weight is 723 g/mol. The summed E-state index contributed by atoms with van der Waals surface area (Å²) in [5.41, 5.74) is 9.18. The zero-order valence-corrected chi connectivity index (χ0v) is 30.2. The number of rotatable bonds is 16. The first kappa shape index (κ1) is 40.3. The summed E-state index contributed by atoms with van der Waals surface area (Å²) < 4.78 is 54.4. The third-order valence-electron chi connectivity index (χ3n) is 7.94. The zero-order valence-electron chi connectivity index (χ0n) is 26.9. The van der Waals surface area contributed by atoms with Crippen molar-refractivity contribution in [2.24, 2.45) is 17.6 Å². The van der Waals surface area contributed by atoms with E-state index in [0.717, 1.165) is 21.8 Å². The summed E-state index contributed by atoms with van der Waals surface area (Å²) in [4.78, 5) is 8.82. The van der Waals surface area contributed by atoms with Gasteiger partial charge < -0.3 is 11.1 Å². The molecule has 2 aromatic carbocycles. The molecular formula is C34H45Cl2N5O4S2. The number of nitrogens with two attached hydrogens (primary N) is 1. The van der Waals surface area contributed by atoms with Crippen molar-refractivity contribution in [3.63, 3.8) is 0 Å². The lowest BCUT2D eigenvalue weighted by Gasteiger charge is -2.31. The quantitative estimate of drug-likeness (QED) is 0.137. The van der Waals surface area contributed by atoms with Crippen LogP contribution in [0.3, 0.4) is 0 Å². The molecule has 0 bridgehead atoms.